The zero-order valence-electron chi connectivity index (χ0n) is 24.0. The largest absolute Gasteiger partial charge is 0.489 e. The first kappa shape index (κ1) is 30.7. The van der Waals surface area contributed by atoms with Crippen molar-refractivity contribution in [3.8, 4) is 5.75 Å². The molecule has 0 fully saturated rings. The third-order valence-electron chi connectivity index (χ3n) is 6.15. The molecule has 3 rings (SSSR count). The Labute approximate surface area is 238 Å². The predicted octanol–water partition coefficient (Wildman–Crippen LogP) is 4.67. The number of nitrogens with one attached hydrogen (secondary N) is 1. The van der Waals surface area contributed by atoms with E-state index in [-0.39, 0.29) is 12.5 Å². The average molecular weight is 566 g/mol. The lowest BCUT2D eigenvalue weighted by Crippen LogP contribution is -2.54. The molecule has 2 amide bonds. The van der Waals surface area contributed by atoms with Crippen molar-refractivity contribution in [1.29, 1.82) is 0 Å². The summed E-state index contributed by atoms with van der Waals surface area (Å²) in [5.41, 5.74) is 2.70. The van der Waals surface area contributed by atoms with Gasteiger partial charge in [0.15, 0.2) is 0 Å². The zero-order chi connectivity index (χ0) is 29.5. The van der Waals surface area contributed by atoms with Crippen LogP contribution in [-0.4, -0.2) is 49.5 Å². The van der Waals surface area contributed by atoms with E-state index in [9.17, 15) is 18.0 Å². The predicted molar refractivity (Wildman–Crippen MR) is 158 cm³/mol. The van der Waals surface area contributed by atoms with Gasteiger partial charge in [-0.3, -0.25) is 13.9 Å². The van der Waals surface area contributed by atoms with Crippen LogP contribution in [0.5, 0.6) is 5.75 Å². The number of carbonyl (C=O) groups is 2. The van der Waals surface area contributed by atoms with Crippen LogP contribution in [0.1, 0.15) is 44.4 Å². The molecule has 0 radical (unpaired) electrons. The van der Waals surface area contributed by atoms with Crippen LogP contribution in [0.3, 0.4) is 0 Å². The SMILES string of the molecule is Cc1cccc(CN(C(=O)CN(c2ccc(OCc3ccccc3)cc2)S(C)(=O)=O)[C@@H](C)C(=O)NC(C)(C)C)c1. The maximum absolute atomic E-state index is 13.7. The number of hydrogen-bond acceptors (Lipinski definition) is 5. The molecule has 0 spiro atoms. The minimum Gasteiger partial charge on any atom is -0.489 e. The van der Waals surface area contributed by atoms with Gasteiger partial charge in [0.25, 0.3) is 0 Å². The van der Waals surface area contributed by atoms with E-state index in [0.717, 1.165) is 27.3 Å². The average Bonchev–Trinajstić information content (AvgIpc) is 2.88. The van der Waals surface area contributed by atoms with E-state index in [1.54, 1.807) is 31.2 Å². The van der Waals surface area contributed by atoms with Crippen LogP contribution >= 0.6 is 0 Å². The minimum atomic E-state index is -3.82. The van der Waals surface area contributed by atoms with E-state index in [1.807, 2.05) is 82.3 Å². The van der Waals surface area contributed by atoms with Gasteiger partial charge in [0.05, 0.1) is 11.9 Å². The van der Waals surface area contributed by atoms with Crippen LogP contribution in [0.2, 0.25) is 0 Å². The lowest BCUT2D eigenvalue weighted by atomic mass is 10.1. The minimum absolute atomic E-state index is 0.156. The van der Waals surface area contributed by atoms with E-state index in [2.05, 4.69) is 5.32 Å². The smallest absolute Gasteiger partial charge is 0.244 e. The fraction of sp³-hybridized carbons (Fsp3) is 0.355. The molecule has 0 heterocycles. The van der Waals surface area contributed by atoms with Gasteiger partial charge < -0.3 is 15.0 Å². The molecule has 1 N–H and O–H groups in total. The molecule has 0 aliphatic carbocycles. The second kappa shape index (κ2) is 13.0. The zero-order valence-corrected chi connectivity index (χ0v) is 24.9. The van der Waals surface area contributed by atoms with Crippen molar-refractivity contribution >= 4 is 27.5 Å². The number of rotatable bonds is 11. The van der Waals surface area contributed by atoms with Gasteiger partial charge in [-0.1, -0.05) is 60.2 Å². The number of sulfonamides is 1. The van der Waals surface area contributed by atoms with E-state index in [4.69, 9.17) is 4.74 Å². The Hall–Kier alpha value is -3.85. The lowest BCUT2D eigenvalue weighted by molar-refractivity contribution is -0.140. The van der Waals surface area contributed by atoms with Crippen molar-refractivity contribution in [2.75, 3.05) is 17.1 Å². The molecule has 0 saturated heterocycles. The number of benzene rings is 3. The van der Waals surface area contributed by atoms with E-state index < -0.39 is 34.1 Å². The summed E-state index contributed by atoms with van der Waals surface area (Å²) in [4.78, 5) is 28.2. The summed E-state index contributed by atoms with van der Waals surface area (Å²) < 4.78 is 32.5. The molecule has 1 atom stereocenters. The van der Waals surface area contributed by atoms with E-state index in [0.29, 0.717) is 18.0 Å². The van der Waals surface area contributed by atoms with Crippen LogP contribution in [-0.2, 0) is 32.8 Å². The Morgan fingerprint density at radius 1 is 0.925 bits per heavy atom. The summed E-state index contributed by atoms with van der Waals surface area (Å²) in [5, 5.41) is 2.92. The van der Waals surface area contributed by atoms with Gasteiger partial charge in [-0.15, -0.1) is 0 Å². The highest BCUT2D eigenvalue weighted by Crippen LogP contribution is 2.23. The molecule has 3 aromatic carbocycles. The Balaban J connectivity index is 1.83. The summed E-state index contributed by atoms with van der Waals surface area (Å²) in [6.45, 7) is 9.26. The number of nitrogens with zero attached hydrogens (tertiary/aromatic N) is 2. The van der Waals surface area contributed by atoms with Crippen LogP contribution in [0.4, 0.5) is 5.69 Å². The van der Waals surface area contributed by atoms with Gasteiger partial charge in [-0.2, -0.15) is 0 Å². The van der Waals surface area contributed by atoms with Gasteiger partial charge in [0.1, 0.15) is 24.9 Å². The maximum Gasteiger partial charge on any atom is 0.244 e. The van der Waals surface area contributed by atoms with Gasteiger partial charge >= 0.3 is 0 Å². The Kier molecular flexibility index (Phi) is 9.98. The molecule has 3 aromatic rings. The van der Waals surface area contributed by atoms with Crippen LogP contribution in [0.25, 0.3) is 0 Å². The highest BCUT2D eigenvalue weighted by molar-refractivity contribution is 7.92. The molecule has 0 bridgehead atoms. The van der Waals surface area contributed by atoms with Gasteiger partial charge in [0, 0.05) is 12.1 Å². The molecule has 8 nitrogen and oxygen atoms in total. The molecular weight excluding hydrogens is 526 g/mol. The third-order valence-corrected chi connectivity index (χ3v) is 7.29. The summed E-state index contributed by atoms with van der Waals surface area (Å²) in [5.74, 6) is -0.242. The van der Waals surface area contributed by atoms with E-state index in [1.165, 1.54) is 4.90 Å². The van der Waals surface area contributed by atoms with Crippen LogP contribution < -0.4 is 14.4 Å². The number of hydrogen-bond donors (Lipinski definition) is 1. The molecule has 0 saturated carbocycles. The lowest BCUT2D eigenvalue weighted by Gasteiger charge is -2.33. The molecule has 40 heavy (non-hydrogen) atoms. The fourth-order valence-corrected chi connectivity index (χ4v) is 4.98. The Morgan fingerprint density at radius 2 is 1.55 bits per heavy atom. The van der Waals surface area contributed by atoms with Gasteiger partial charge in [-0.25, -0.2) is 8.42 Å². The molecule has 0 unspecified atom stereocenters. The van der Waals surface area contributed by atoms with E-state index >= 15 is 0 Å². The summed E-state index contributed by atoms with van der Waals surface area (Å²) in [6.07, 6.45) is 1.06. The van der Waals surface area contributed by atoms with Crippen LogP contribution in [0, 0.1) is 6.92 Å². The van der Waals surface area contributed by atoms with Gasteiger partial charge in [-0.05, 0) is 70.0 Å². The second-order valence-electron chi connectivity index (χ2n) is 11.0. The van der Waals surface area contributed by atoms with Crippen molar-refractivity contribution in [3.63, 3.8) is 0 Å². The number of carbonyl (C=O) groups excluding carboxylic acids is 2. The first-order valence-electron chi connectivity index (χ1n) is 13.1. The molecule has 0 aliphatic rings. The quantitative estimate of drug-likeness (QED) is 0.365. The monoisotopic (exact) mass is 565 g/mol. The molecule has 9 heteroatoms. The molecule has 0 aliphatic heterocycles. The Morgan fingerprint density at radius 3 is 2.12 bits per heavy atom. The molecular formula is C31H39N3O5S. The number of amides is 2. The Bertz CT molecular complexity index is 1400. The second-order valence-corrected chi connectivity index (χ2v) is 12.9. The van der Waals surface area contributed by atoms with Gasteiger partial charge in [0.2, 0.25) is 21.8 Å². The summed E-state index contributed by atoms with van der Waals surface area (Å²) in [6, 6.07) is 23.1. The van der Waals surface area contributed by atoms with Crippen molar-refractivity contribution in [2.24, 2.45) is 0 Å². The number of aryl methyl sites for hydroxylation is 1. The third kappa shape index (κ3) is 9.12. The standard InChI is InChI=1S/C31H39N3O5S/c1-23-11-10-14-26(19-23)20-33(24(2)30(36)32-31(3,4)5)29(35)21-34(40(6,37)38)27-15-17-28(18-16-27)39-22-25-12-8-7-9-13-25/h7-19,24H,20-22H2,1-6H3,(H,32,36)/t24-/m0/s1. The normalized spacial score (nSPS) is 12.3. The van der Waals surface area contributed by atoms with Crippen molar-refractivity contribution in [3.05, 3.63) is 95.6 Å². The van der Waals surface area contributed by atoms with Crippen molar-refractivity contribution in [2.45, 2.75) is 59.4 Å². The molecule has 0 aromatic heterocycles. The van der Waals surface area contributed by atoms with Crippen molar-refractivity contribution < 1.29 is 22.7 Å². The summed E-state index contributed by atoms with van der Waals surface area (Å²) in [7, 11) is -3.82. The molecule has 214 valence electrons. The topological polar surface area (TPSA) is 96.0 Å². The highest BCUT2D eigenvalue weighted by Gasteiger charge is 2.31. The highest BCUT2D eigenvalue weighted by atomic mass is 32.2. The first-order valence-corrected chi connectivity index (χ1v) is 15.0. The number of anilines is 1. The van der Waals surface area contributed by atoms with Crippen molar-refractivity contribution in [1.82, 2.24) is 10.2 Å². The first-order chi connectivity index (χ1) is 18.7. The van der Waals surface area contributed by atoms with Crippen LogP contribution in [0.15, 0.2) is 78.9 Å². The fourth-order valence-electron chi connectivity index (χ4n) is 4.13. The number of ether oxygens (including phenoxy) is 1. The summed E-state index contributed by atoms with van der Waals surface area (Å²) >= 11 is 0. The maximum atomic E-state index is 13.7.